The Hall–Kier alpha value is -0.830. The summed E-state index contributed by atoms with van der Waals surface area (Å²) in [5.41, 5.74) is 1.35. The van der Waals surface area contributed by atoms with Gasteiger partial charge in [0.15, 0.2) is 0 Å². The maximum atomic E-state index is 4.17. The van der Waals surface area contributed by atoms with Crippen molar-refractivity contribution in [1.82, 2.24) is 15.1 Å². The molecule has 15 heavy (non-hydrogen) atoms. The topological polar surface area (TPSA) is 29.9 Å². The van der Waals surface area contributed by atoms with Gasteiger partial charge in [0.1, 0.15) is 0 Å². The second kappa shape index (κ2) is 6.62. The Morgan fingerprint density at radius 1 is 1.53 bits per heavy atom. The van der Waals surface area contributed by atoms with Gasteiger partial charge in [0, 0.05) is 13.2 Å². The summed E-state index contributed by atoms with van der Waals surface area (Å²) in [5, 5.41) is 7.63. The first kappa shape index (κ1) is 12.2. The van der Waals surface area contributed by atoms with E-state index < -0.39 is 0 Å². The number of aryl methyl sites for hydroxylation is 2. The Morgan fingerprint density at radius 3 is 2.93 bits per heavy atom. The number of rotatable bonds is 7. The molecule has 0 radical (unpaired) electrons. The van der Waals surface area contributed by atoms with Crippen molar-refractivity contribution in [2.24, 2.45) is 13.0 Å². The average molecular weight is 209 g/mol. The lowest BCUT2D eigenvalue weighted by Crippen LogP contribution is -2.22. The van der Waals surface area contributed by atoms with E-state index in [2.05, 4.69) is 30.5 Å². The molecule has 1 aromatic rings. The standard InChI is InChI=1S/C12H23N3/c1-4-7-13-8-11(2)5-6-12-9-14-15(3)10-12/h9-11,13H,4-8H2,1-3H3. The fourth-order valence-corrected chi connectivity index (χ4v) is 1.64. The molecule has 1 aromatic heterocycles. The summed E-state index contributed by atoms with van der Waals surface area (Å²) in [4.78, 5) is 0. The van der Waals surface area contributed by atoms with Gasteiger partial charge in [-0.05, 0) is 43.8 Å². The van der Waals surface area contributed by atoms with Gasteiger partial charge in [0.05, 0.1) is 6.20 Å². The van der Waals surface area contributed by atoms with Gasteiger partial charge in [-0.1, -0.05) is 13.8 Å². The summed E-state index contributed by atoms with van der Waals surface area (Å²) >= 11 is 0. The molecule has 0 bridgehead atoms. The molecule has 3 heteroatoms. The second-order valence-electron chi connectivity index (χ2n) is 4.37. The minimum Gasteiger partial charge on any atom is -0.316 e. The van der Waals surface area contributed by atoms with E-state index in [1.807, 2.05) is 17.9 Å². The highest BCUT2D eigenvalue weighted by Gasteiger charge is 2.03. The largest absolute Gasteiger partial charge is 0.316 e. The normalized spacial score (nSPS) is 13.0. The highest BCUT2D eigenvalue weighted by molar-refractivity contribution is 5.03. The summed E-state index contributed by atoms with van der Waals surface area (Å²) in [6.07, 6.45) is 7.67. The van der Waals surface area contributed by atoms with Crippen LogP contribution in [0.2, 0.25) is 0 Å². The lowest BCUT2D eigenvalue weighted by molar-refractivity contribution is 0.481. The summed E-state index contributed by atoms with van der Waals surface area (Å²) < 4.78 is 1.87. The van der Waals surface area contributed by atoms with Crippen molar-refractivity contribution < 1.29 is 0 Å². The molecule has 1 atom stereocenters. The quantitative estimate of drug-likeness (QED) is 0.696. The van der Waals surface area contributed by atoms with Crippen LogP contribution in [0.5, 0.6) is 0 Å². The Labute approximate surface area is 92.9 Å². The minimum absolute atomic E-state index is 0.747. The molecule has 86 valence electrons. The Bertz CT molecular complexity index is 268. The van der Waals surface area contributed by atoms with Crippen LogP contribution >= 0.6 is 0 Å². The summed E-state index contributed by atoms with van der Waals surface area (Å²) in [5.74, 6) is 0.747. The highest BCUT2D eigenvalue weighted by atomic mass is 15.2. The number of nitrogens with one attached hydrogen (secondary N) is 1. The fraction of sp³-hybridized carbons (Fsp3) is 0.750. The Kier molecular flexibility index (Phi) is 5.40. The van der Waals surface area contributed by atoms with E-state index in [4.69, 9.17) is 0 Å². The third kappa shape index (κ3) is 4.98. The average Bonchev–Trinajstić information content (AvgIpc) is 2.62. The van der Waals surface area contributed by atoms with Gasteiger partial charge in [-0.3, -0.25) is 4.68 Å². The van der Waals surface area contributed by atoms with Crippen LogP contribution in [0.25, 0.3) is 0 Å². The number of hydrogen-bond donors (Lipinski definition) is 1. The summed E-state index contributed by atoms with van der Waals surface area (Å²) in [7, 11) is 1.97. The molecular weight excluding hydrogens is 186 g/mol. The third-order valence-corrected chi connectivity index (χ3v) is 2.60. The lowest BCUT2D eigenvalue weighted by Gasteiger charge is -2.11. The van der Waals surface area contributed by atoms with Gasteiger partial charge in [-0.15, -0.1) is 0 Å². The number of hydrogen-bond acceptors (Lipinski definition) is 2. The maximum absolute atomic E-state index is 4.17. The van der Waals surface area contributed by atoms with Gasteiger partial charge in [-0.25, -0.2) is 0 Å². The molecule has 0 saturated heterocycles. The first-order valence-corrected chi connectivity index (χ1v) is 5.90. The van der Waals surface area contributed by atoms with Crippen molar-refractivity contribution in [2.75, 3.05) is 13.1 Å². The van der Waals surface area contributed by atoms with Crippen molar-refractivity contribution in [3.8, 4) is 0 Å². The van der Waals surface area contributed by atoms with Crippen molar-refractivity contribution in [1.29, 1.82) is 0 Å². The molecule has 1 unspecified atom stereocenters. The zero-order chi connectivity index (χ0) is 11.1. The van der Waals surface area contributed by atoms with E-state index in [9.17, 15) is 0 Å². The van der Waals surface area contributed by atoms with Gasteiger partial charge >= 0.3 is 0 Å². The summed E-state index contributed by atoms with van der Waals surface area (Å²) in [6, 6.07) is 0. The molecule has 1 rings (SSSR count). The highest BCUT2D eigenvalue weighted by Crippen LogP contribution is 2.07. The van der Waals surface area contributed by atoms with Crippen molar-refractivity contribution >= 4 is 0 Å². The van der Waals surface area contributed by atoms with Gasteiger partial charge in [-0.2, -0.15) is 5.10 Å². The van der Waals surface area contributed by atoms with Crippen molar-refractivity contribution in [3.63, 3.8) is 0 Å². The fourth-order valence-electron chi connectivity index (χ4n) is 1.64. The lowest BCUT2D eigenvalue weighted by atomic mass is 10.0. The van der Waals surface area contributed by atoms with Gasteiger partial charge in [0.25, 0.3) is 0 Å². The molecule has 1 heterocycles. The zero-order valence-electron chi connectivity index (χ0n) is 10.2. The molecular formula is C12H23N3. The maximum Gasteiger partial charge on any atom is 0.0521 e. The molecule has 0 spiro atoms. The minimum atomic E-state index is 0.747. The van der Waals surface area contributed by atoms with Gasteiger partial charge < -0.3 is 5.32 Å². The van der Waals surface area contributed by atoms with E-state index in [1.54, 1.807) is 0 Å². The van der Waals surface area contributed by atoms with E-state index >= 15 is 0 Å². The first-order chi connectivity index (χ1) is 7.22. The molecule has 0 saturated carbocycles. The third-order valence-electron chi connectivity index (χ3n) is 2.60. The summed E-state index contributed by atoms with van der Waals surface area (Å²) in [6.45, 7) is 6.78. The van der Waals surface area contributed by atoms with Crippen LogP contribution in [0.1, 0.15) is 32.3 Å². The van der Waals surface area contributed by atoms with Gasteiger partial charge in [0.2, 0.25) is 0 Å². The molecule has 0 fully saturated rings. The molecule has 3 nitrogen and oxygen atoms in total. The van der Waals surface area contributed by atoms with E-state index in [0.29, 0.717) is 0 Å². The van der Waals surface area contributed by atoms with Crippen LogP contribution < -0.4 is 5.32 Å². The van der Waals surface area contributed by atoms with E-state index in [0.717, 1.165) is 25.4 Å². The van der Waals surface area contributed by atoms with Crippen LogP contribution in [-0.4, -0.2) is 22.9 Å². The molecule has 1 N–H and O–H groups in total. The first-order valence-electron chi connectivity index (χ1n) is 5.90. The molecule has 0 amide bonds. The van der Waals surface area contributed by atoms with Crippen LogP contribution in [0.3, 0.4) is 0 Å². The smallest absolute Gasteiger partial charge is 0.0521 e. The molecule has 0 aliphatic carbocycles. The second-order valence-corrected chi connectivity index (χ2v) is 4.37. The molecule has 0 aliphatic heterocycles. The predicted molar refractivity (Wildman–Crippen MR) is 63.9 cm³/mol. The number of aromatic nitrogens is 2. The molecule has 0 aliphatic rings. The van der Waals surface area contributed by atoms with E-state index in [-0.39, 0.29) is 0 Å². The Balaban J connectivity index is 2.13. The molecule has 0 aromatic carbocycles. The monoisotopic (exact) mass is 209 g/mol. The number of nitrogens with zero attached hydrogens (tertiary/aromatic N) is 2. The van der Waals surface area contributed by atoms with Crippen LogP contribution in [0, 0.1) is 5.92 Å². The van der Waals surface area contributed by atoms with Crippen LogP contribution in [0.15, 0.2) is 12.4 Å². The van der Waals surface area contributed by atoms with Crippen molar-refractivity contribution in [2.45, 2.75) is 33.1 Å². The SMILES string of the molecule is CCCNCC(C)CCc1cnn(C)c1. The predicted octanol–water partition coefficient (Wildman–Crippen LogP) is 1.99. The Morgan fingerprint density at radius 2 is 2.33 bits per heavy atom. The van der Waals surface area contributed by atoms with Crippen LogP contribution in [0.4, 0.5) is 0 Å². The zero-order valence-corrected chi connectivity index (χ0v) is 10.2. The van der Waals surface area contributed by atoms with E-state index in [1.165, 1.54) is 18.4 Å². The van der Waals surface area contributed by atoms with Crippen LogP contribution in [-0.2, 0) is 13.5 Å². The van der Waals surface area contributed by atoms with Crippen molar-refractivity contribution in [3.05, 3.63) is 18.0 Å².